The summed E-state index contributed by atoms with van der Waals surface area (Å²) in [5.41, 5.74) is 1.47. The highest BCUT2D eigenvalue weighted by atomic mass is 35.5. The molecule has 2 atom stereocenters. The number of aromatic nitrogens is 2. The van der Waals surface area contributed by atoms with E-state index in [1.165, 1.54) is 28.7 Å². The summed E-state index contributed by atoms with van der Waals surface area (Å²) in [4.78, 5) is 30.4. The first kappa shape index (κ1) is 19.2. The van der Waals surface area contributed by atoms with Gasteiger partial charge in [0.05, 0.1) is 11.7 Å². The molecule has 0 N–H and O–H groups in total. The Hall–Kier alpha value is -2.18. The molecule has 0 bridgehead atoms. The number of nitrogens with zero attached hydrogens (tertiary/aromatic N) is 2. The highest BCUT2D eigenvalue weighted by Crippen LogP contribution is 2.31. The molecule has 0 unspecified atom stereocenters. The van der Waals surface area contributed by atoms with Crippen molar-refractivity contribution in [2.75, 3.05) is 0 Å². The molecule has 1 aromatic carbocycles. The first-order chi connectivity index (χ1) is 13.5. The van der Waals surface area contributed by atoms with Crippen LogP contribution in [-0.2, 0) is 16.1 Å². The summed E-state index contributed by atoms with van der Waals surface area (Å²) < 4.78 is 6.94. The first-order valence-electron chi connectivity index (χ1n) is 9.43. The van der Waals surface area contributed by atoms with Crippen molar-refractivity contribution in [2.24, 2.45) is 5.92 Å². The number of hydrogen-bond acceptors (Lipinski definition) is 5. The van der Waals surface area contributed by atoms with Gasteiger partial charge in [-0.15, -0.1) is 11.3 Å². The Bertz CT molecular complexity index is 1060. The maximum Gasteiger partial charge on any atom is 0.326 e. The molecule has 0 aliphatic heterocycles. The monoisotopic (exact) mass is 416 g/mol. The minimum atomic E-state index is -0.384. The third-order valence-electron chi connectivity index (χ3n) is 5.20. The zero-order chi connectivity index (χ0) is 19.7. The summed E-state index contributed by atoms with van der Waals surface area (Å²) in [6.45, 7) is 2.06. The quantitative estimate of drug-likeness (QED) is 0.567. The molecule has 3 aromatic rings. The van der Waals surface area contributed by atoms with Gasteiger partial charge in [-0.3, -0.25) is 14.2 Å². The Balaban J connectivity index is 1.59. The minimum absolute atomic E-state index is 0.0468. The second kappa shape index (κ2) is 8.05. The average Bonchev–Trinajstić information content (AvgIpc) is 3.09. The molecule has 2 aromatic heterocycles. The highest BCUT2D eigenvalue weighted by molar-refractivity contribution is 7.17. The van der Waals surface area contributed by atoms with Crippen LogP contribution in [0, 0.1) is 5.92 Å². The third kappa shape index (κ3) is 3.98. The van der Waals surface area contributed by atoms with Gasteiger partial charge in [0.1, 0.15) is 17.5 Å². The average molecular weight is 417 g/mol. The van der Waals surface area contributed by atoms with Crippen LogP contribution < -0.4 is 5.56 Å². The largest absolute Gasteiger partial charge is 0.461 e. The Morgan fingerprint density at radius 1 is 1.32 bits per heavy atom. The van der Waals surface area contributed by atoms with Gasteiger partial charge in [-0.05, 0) is 42.9 Å². The van der Waals surface area contributed by atoms with Crippen molar-refractivity contribution >= 4 is 39.1 Å². The zero-order valence-corrected chi connectivity index (χ0v) is 17.1. The number of benzene rings is 1. The predicted molar refractivity (Wildman–Crippen MR) is 112 cm³/mol. The smallest absolute Gasteiger partial charge is 0.326 e. The molecule has 146 valence electrons. The van der Waals surface area contributed by atoms with Crippen LogP contribution in [0.15, 0.2) is 40.8 Å². The summed E-state index contributed by atoms with van der Waals surface area (Å²) >= 11 is 7.38. The summed E-state index contributed by atoms with van der Waals surface area (Å²) in [5.74, 6) is 0.186. The molecule has 2 heterocycles. The molecule has 1 saturated carbocycles. The van der Waals surface area contributed by atoms with E-state index in [9.17, 15) is 9.59 Å². The molecule has 0 radical (unpaired) electrons. The Labute approximate surface area is 171 Å². The van der Waals surface area contributed by atoms with Gasteiger partial charge in [-0.25, -0.2) is 4.98 Å². The Morgan fingerprint density at radius 3 is 2.86 bits per heavy atom. The Kier molecular flexibility index (Phi) is 5.51. The van der Waals surface area contributed by atoms with Gasteiger partial charge in [-0.1, -0.05) is 37.1 Å². The van der Waals surface area contributed by atoms with E-state index >= 15 is 0 Å². The summed E-state index contributed by atoms with van der Waals surface area (Å²) in [6.07, 6.45) is 5.43. The van der Waals surface area contributed by atoms with Gasteiger partial charge in [-0.2, -0.15) is 0 Å². The van der Waals surface area contributed by atoms with Crippen LogP contribution in [0.5, 0.6) is 0 Å². The lowest BCUT2D eigenvalue weighted by atomic mass is 9.89. The van der Waals surface area contributed by atoms with Gasteiger partial charge < -0.3 is 4.74 Å². The van der Waals surface area contributed by atoms with Crippen LogP contribution in [0.1, 0.15) is 32.6 Å². The molecule has 1 fully saturated rings. The van der Waals surface area contributed by atoms with E-state index in [1.807, 2.05) is 17.5 Å². The molecule has 1 aliphatic rings. The van der Waals surface area contributed by atoms with E-state index in [0.29, 0.717) is 21.2 Å². The summed E-state index contributed by atoms with van der Waals surface area (Å²) in [7, 11) is 0. The third-order valence-corrected chi connectivity index (χ3v) is 6.34. The van der Waals surface area contributed by atoms with Crippen LogP contribution in [0.2, 0.25) is 5.02 Å². The number of rotatable bonds is 4. The fourth-order valence-corrected chi connectivity index (χ4v) is 4.80. The number of carbonyl (C=O) groups excluding carboxylic acids is 1. The fourth-order valence-electron chi connectivity index (χ4n) is 3.77. The molecule has 0 amide bonds. The zero-order valence-electron chi connectivity index (χ0n) is 15.6. The molecule has 0 saturated heterocycles. The number of hydrogen-bond donors (Lipinski definition) is 0. The number of ether oxygens (including phenoxy) is 1. The second-order valence-corrected chi connectivity index (χ2v) is 8.69. The van der Waals surface area contributed by atoms with Crippen molar-refractivity contribution in [2.45, 2.75) is 45.3 Å². The molecule has 4 rings (SSSR count). The maximum atomic E-state index is 13.0. The lowest BCUT2D eigenvalue weighted by molar-refractivity contribution is -0.152. The topological polar surface area (TPSA) is 61.2 Å². The van der Waals surface area contributed by atoms with E-state index in [1.54, 1.807) is 12.1 Å². The van der Waals surface area contributed by atoms with E-state index < -0.39 is 0 Å². The van der Waals surface area contributed by atoms with Crippen molar-refractivity contribution in [3.05, 3.63) is 51.3 Å². The van der Waals surface area contributed by atoms with Crippen molar-refractivity contribution in [3.63, 3.8) is 0 Å². The van der Waals surface area contributed by atoms with Crippen LogP contribution in [0.4, 0.5) is 0 Å². The first-order valence-corrected chi connectivity index (χ1v) is 10.7. The molecular weight excluding hydrogens is 396 g/mol. The van der Waals surface area contributed by atoms with Crippen molar-refractivity contribution in [1.29, 1.82) is 0 Å². The molecule has 7 heteroatoms. The van der Waals surface area contributed by atoms with Crippen LogP contribution in [0.3, 0.4) is 0 Å². The SMILES string of the molecule is C[C@H]1CCC[C@H](OC(=O)Cn2cnc3scc(-c4ccc(Cl)cc4)c3c2=O)C1. The minimum Gasteiger partial charge on any atom is -0.461 e. The molecule has 1 aliphatic carbocycles. The normalized spacial score (nSPS) is 19.6. The van der Waals surface area contributed by atoms with Crippen LogP contribution in [-0.4, -0.2) is 21.6 Å². The van der Waals surface area contributed by atoms with Gasteiger partial charge in [0, 0.05) is 16.0 Å². The van der Waals surface area contributed by atoms with Crippen molar-refractivity contribution in [3.8, 4) is 11.1 Å². The van der Waals surface area contributed by atoms with E-state index in [2.05, 4.69) is 11.9 Å². The van der Waals surface area contributed by atoms with Gasteiger partial charge >= 0.3 is 5.97 Å². The molecule has 28 heavy (non-hydrogen) atoms. The molecular formula is C21H21ClN2O3S. The second-order valence-electron chi connectivity index (χ2n) is 7.40. The lowest BCUT2D eigenvalue weighted by Crippen LogP contribution is -2.30. The van der Waals surface area contributed by atoms with Crippen LogP contribution in [0.25, 0.3) is 21.3 Å². The van der Waals surface area contributed by atoms with E-state index in [0.717, 1.165) is 30.4 Å². The number of fused-ring (bicyclic) bond motifs is 1. The standard InChI is InChI=1S/C21H21ClN2O3S/c1-13-3-2-4-16(9-13)27-18(25)10-24-12-23-20-19(21(24)26)17(11-28-20)14-5-7-15(22)8-6-14/h5-8,11-13,16H,2-4,9-10H2,1H3/t13-,16-/m0/s1. The van der Waals surface area contributed by atoms with Gasteiger partial charge in [0.15, 0.2) is 0 Å². The summed E-state index contributed by atoms with van der Waals surface area (Å²) in [5, 5.41) is 3.07. The fraction of sp³-hybridized carbons (Fsp3) is 0.381. The predicted octanol–water partition coefficient (Wildman–Crippen LogP) is 4.90. The highest BCUT2D eigenvalue weighted by Gasteiger charge is 2.23. The molecule has 5 nitrogen and oxygen atoms in total. The maximum absolute atomic E-state index is 13.0. The van der Waals surface area contributed by atoms with Crippen molar-refractivity contribution < 1.29 is 9.53 Å². The van der Waals surface area contributed by atoms with Crippen molar-refractivity contribution in [1.82, 2.24) is 9.55 Å². The Morgan fingerprint density at radius 2 is 2.11 bits per heavy atom. The number of carbonyl (C=O) groups is 1. The summed E-state index contributed by atoms with van der Waals surface area (Å²) in [6, 6.07) is 7.33. The van der Waals surface area contributed by atoms with Gasteiger partial charge in [0.25, 0.3) is 5.56 Å². The lowest BCUT2D eigenvalue weighted by Gasteiger charge is -2.26. The van der Waals surface area contributed by atoms with Crippen LogP contribution >= 0.6 is 22.9 Å². The van der Waals surface area contributed by atoms with Gasteiger partial charge in [0.2, 0.25) is 0 Å². The van der Waals surface area contributed by atoms with E-state index in [4.69, 9.17) is 16.3 Å². The number of esters is 1. The number of halogens is 1. The van der Waals surface area contributed by atoms with E-state index in [-0.39, 0.29) is 24.2 Å². The molecule has 0 spiro atoms. The number of thiophene rings is 1.